The number of nitrogens with one attached hydrogen (secondary N) is 1. The topological polar surface area (TPSA) is 136 Å². The van der Waals surface area contributed by atoms with Crippen LogP contribution in [0.3, 0.4) is 0 Å². The zero-order valence-electron chi connectivity index (χ0n) is 22.4. The number of Topliss-reactive ketones (excluding diaryl/α,β-unsaturated/α-hetero) is 1. The predicted molar refractivity (Wildman–Crippen MR) is 158 cm³/mol. The Bertz CT molecular complexity index is 1720. The summed E-state index contributed by atoms with van der Waals surface area (Å²) in [5.74, 6) is 0.281. The van der Waals surface area contributed by atoms with E-state index in [2.05, 4.69) is 10.2 Å². The largest absolute Gasteiger partial charge is 0.324 e. The van der Waals surface area contributed by atoms with E-state index in [0.29, 0.717) is 53.3 Å². The van der Waals surface area contributed by atoms with E-state index >= 15 is 4.79 Å². The van der Waals surface area contributed by atoms with Crippen LogP contribution >= 0.6 is 11.8 Å². The fourth-order valence-electron chi connectivity index (χ4n) is 7.98. The summed E-state index contributed by atoms with van der Waals surface area (Å²) in [4.78, 5) is 54.1. The molecule has 4 aliphatic rings. The fraction of sp³-hybridized carbons (Fsp3) is 0.290. The highest BCUT2D eigenvalue weighted by Crippen LogP contribution is 2.70. The van der Waals surface area contributed by atoms with Gasteiger partial charge in [0.05, 0.1) is 15.3 Å². The maximum Gasteiger partial charge on any atom is 0.270 e. The Hall–Kier alpha value is -4.35. The van der Waals surface area contributed by atoms with Gasteiger partial charge in [-0.25, -0.2) is 0 Å². The van der Waals surface area contributed by atoms with Crippen LogP contribution in [0.15, 0.2) is 78.4 Å². The zero-order chi connectivity index (χ0) is 29.2. The van der Waals surface area contributed by atoms with E-state index in [1.54, 1.807) is 42.1 Å². The van der Waals surface area contributed by atoms with Crippen molar-refractivity contribution in [2.75, 3.05) is 16.9 Å². The smallest absolute Gasteiger partial charge is 0.270 e. The van der Waals surface area contributed by atoms with E-state index in [4.69, 9.17) is 0 Å². The molecule has 2 spiro atoms. The van der Waals surface area contributed by atoms with Gasteiger partial charge in [-0.2, -0.15) is 0 Å². The van der Waals surface area contributed by atoms with Crippen LogP contribution in [0.25, 0.3) is 6.08 Å². The van der Waals surface area contributed by atoms with Crippen LogP contribution in [0.1, 0.15) is 41.9 Å². The number of thioether (sulfide) groups is 1. The minimum Gasteiger partial charge on any atom is -0.324 e. The highest BCUT2D eigenvalue weighted by atomic mass is 32.2. The van der Waals surface area contributed by atoms with Crippen LogP contribution in [-0.2, 0) is 15.1 Å². The van der Waals surface area contributed by atoms with Gasteiger partial charge in [0.1, 0.15) is 5.54 Å². The van der Waals surface area contributed by atoms with Gasteiger partial charge in [-0.3, -0.25) is 34.7 Å². The Labute approximate surface area is 245 Å². The second kappa shape index (κ2) is 9.60. The Balaban J connectivity index is 1.49. The average molecular weight is 583 g/mol. The van der Waals surface area contributed by atoms with Crippen molar-refractivity contribution in [2.45, 2.75) is 36.8 Å². The number of nitrogens with zero attached hydrogens (tertiary/aromatic N) is 3. The minimum absolute atomic E-state index is 0.0623. The van der Waals surface area contributed by atoms with Gasteiger partial charge in [0.2, 0.25) is 0 Å². The molecule has 1 aliphatic carbocycles. The van der Waals surface area contributed by atoms with Crippen molar-refractivity contribution in [3.05, 3.63) is 115 Å². The van der Waals surface area contributed by atoms with E-state index in [1.165, 1.54) is 18.2 Å². The van der Waals surface area contributed by atoms with Gasteiger partial charge >= 0.3 is 0 Å². The van der Waals surface area contributed by atoms with Crippen molar-refractivity contribution < 1.29 is 19.4 Å². The molecular formula is C31H26N4O6S. The fourth-order valence-corrected chi connectivity index (χ4v) is 9.28. The van der Waals surface area contributed by atoms with Crippen molar-refractivity contribution in [1.82, 2.24) is 4.90 Å². The van der Waals surface area contributed by atoms with E-state index in [1.807, 2.05) is 30.3 Å². The molecule has 212 valence electrons. The molecular weight excluding hydrogens is 556 g/mol. The predicted octanol–water partition coefficient (Wildman–Crippen LogP) is 5.65. The second-order valence-electron chi connectivity index (χ2n) is 11.3. The summed E-state index contributed by atoms with van der Waals surface area (Å²) in [5, 5.41) is 26.3. The first-order chi connectivity index (χ1) is 20.3. The molecule has 0 aromatic heterocycles. The number of hydrogen-bond acceptors (Lipinski definition) is 8. The van der Waals surface area contributed by atoms with Gasteiger partial charge in [0.15, 0.2) is 5.78 Å². The molecule has 1 amide bonds. The Morgan fingerprint density at radius 2 is 1.69 bits per heavy atom. The molecule has 0 bridgehead atoms. The van der Waals surface area contributed by atoms with Crippen LogP contribution in [0.5, 0.6) is 0 Å². The Morgan fingerprint density at radius 1 is 0.952 bits per heavy atom. The molecule has 1 saturated carbocycles. The first kappa shape index (κ1) is 26.5. The highest BCUT2D eigenvalue weighted by Gasteiger charge is 2.77. The van der Waals surface area contributed by atoms with E-state index in [0.717, 1.165) is 5.56 Å². The number of allylic oxidation sites excluding steroid dienone is 1. The molecule has 0 unspecified atom stereocenters. The van der Waals surface area contributed by atoms with Crippen molar-refractivity contribution >= 4 is 46.6 Å². The van der Waals surface area contributed by atoms with Gasteiger partial charge in [-0.1, -0.05) is 42.5 Å². The average Bonchev–Trinajstić information content (AvgIpc) is 3.63. The summed E-state index contributed by atoms with van der Waals surface area (Å²) in [6, 6.07) is 19.9. The third-order valence-electron chi connectivity index (χ3n) is 9.38. The van der Waals surface area contributed by atoms with Crippen LogP contribution in [0.2, 0.25) is 0 Å². The summed E-state index contributed by atoms with van der Waals surface area (Å²) < 4.78 is 0. The van der Waals surface area contributed by atoms with Crippen LogP contribution in [0.4, 0.5) is 17.1 Å². The molecule has 3 fully saturated rings. The highest BCUT2D eigenvalue weighted by molar-refractivity contribution is 7.99. The van der Waals surface area contributed by atoms with Crippen LogP contribution in [0, 0.1) is 25.6 Å². The number of amides is 1. The zero-order valence-corrected chi connectivity index (χ0v) is 23.2. The van der Waals surface area contributed by atoms with Gasteiger partial charge in [-0.05, 0) is 48.1 Å². The number of carbonyl (C=O) groups excluding carboxylic acids is 2. The number of benzene rings is 3. The molecule has 11 heteroatoms. The molecule has 0 radical (unpaired) electrons. The minimum atomic E-state index is -1.31. The van der Waals surface area contributed by atoms with Gasteiger partial charge < -0.3 is 5.32 Å². The summed E-state index contributed by atoms with van der Waals surface area (Å²) in [7, 11) is 0. The van der Waals surface area contributed by atoms with Crippen LogP contribution in [-0.4, -0.2) is 44.1 Å². The third kappa shape index (κ3) is 3.50. The number of nitro groups is 2. The summed E-state index contributed by atoms with van der Waals surface area (Å²) in [6.45, 7) is 0. The SMILES string of the molecule is O=C1Nc2ccccc2[C@]12N1CSC[C@H]1[C@H](c1cccc([N+](=O)[O-])c1)[C@]21CCC/C(=C\c2cccc([N+](=O)[O-])c2)C1=O. The molecule has 2 saturated heterocycles. The number of non-ortho nitro benzene ring substituents is 2. The lowest BCUT2D eigenvalue weighted by molar-refractivity contribution is -0.385. The van der Waals surface area contributed by atoms with Gasteiger partial charge in [0.25, 0.3) is 17.3 Å². The summed E-state index contributed by atoms with van der Waals surface area (Å²) in [6.07, 6.45) is 3.21. The van der Waals surface area contributed by atoms with E-state index in [-0.39, 0.29) is 29.1 Å². The first-order valence-electron chi connectivity index (χ1n) is 13.8. The molecule has 4 atom stereocenters. The van der Waals surface area contributed by atoms with Crippen LogP contribution < -0.4 is 5.32 Å². The Kier molecular flexibility index (Phi) is 6.07. The maximum atomic E-state index is 15.2. The monoisotopic (exact) mass is 582 g/mol. The molecule has 3 aromatic carbocycles. The standard InChI is InChI=1S/C31H26N4O6S/c36-28-21(14-19-6-3-9-22(15-19)34(38)39)8-5-13-30(28)27(20-7-4-10-23(16-20)35(40)41)26-17-42-18-33(26)31(30)24-11-1-2-12-25(24)32-29(31)37/h1-4,6-7,9-12,14-16,26-27H,5,8,13,17-18H2,(H,32,37)/b21-14+/t26-,27-,30-,31-/m0/s1. The van der Waals surface area contributed by atoms with E-state index in [9.17, 15) is 25.0 Å². The first-order valence-corrected chi connectivity index (χ1v) is 14.9. The number of fused-ring (bicyclic) bond motifs is 5. The quantitative estimate of drug-likeness (QED) is 0.237. The maximum absolute atomic E-state index is 15.2. The molecule has 3 aliphatic heterocycles. The molecule has 42 heavy (non-hydrogen) atoms. The summed E-state index contributed by atoms with van der Waals surface area (Å²) in [5.41, 5.74) is 0.421. The molecule has 10 nitrogen and oxygen atoms in total. The number of anilines is 1. The lowest BCUT2D eigenvalue weighted by Gasteiger charge is -2.49. The Morgan fingerprint density at radius 3 is 2.48 bits per heavy atom. The van der Waals surface area contributed by atoms with Gasteiger partial charge in [0, 0.05) is 59.1 Å². The molecule has 7 rings (SSSR count). The lowest BCUT2D eigenvalue weighted by atomic mass is 9.53. The number of ketones is 1. The van der Waals surface area contributed by atoms with Crippen molar-refractivity contribution in [3.8, 4) is 0 Å². The molecule has 3 heterocycles. The lowest BCUT2D eigenvalue weighted by Crippen LogP contribution is -2.60. The number of rotatable bonds is 4. The number of para-hydroxylation sites is 1. The normalized spacial score (nSPS) is 29.2. The van der Waals surface area contributed by atoms with Gasteiger partial charge in [-0.15, -0.1) is 11.8 Å². The van der Waals surface area contributed by atoms with Crippen molar-refractivity contribution in [3.63, 3.8) is 0 Å². The molecule has 1 N–H and O–H groups in total. The second-order valence-corrected chi connectivity index (χ2v) is 12.3. The number of carbonyl (C=O) groups is 2. The third-order valence-corrected chi connectivity index (χ3v) is 10.4. The number of nitro benzene ring substituents is 2. The van der Waals surface area contributed by atoms with Crippen molar-refractivity contribution in [1.29, 1.82) is 0 Å². The summed E-state index contributed by atoms with van der Waals surface area (Å²) >= 11 is 1.69. The molecule has 3 aromatic rings. The van der Waals surface area contributed by atoms with Crippen molar-refractivity contribution in [2.24, 2.45) is 5.41 Å². The number of hydrogen-bond donors (Lipinski definition) is 1. The van der Waals surface area contributed by atoms with E-state index < -0.39 is 26.7 Å².